The molecule has 4 rings (SSSR count). The number of pyridine rings is 1. The highest BCUT2D eigenvalue weighted by Crippen LogP contribution is 2.30. The van der Waals surface area contributed by atoms with Gasteiger partial charge < -0.3 is 19.9 Å². The van der Waals surface area contributed by atoms with E-state index >= 15 is 0 Å². The fourth-order valence-corrected chi connectivity index (χ4v) is 4.24. The van der Waals surface area contributed by atoms with Gasteiger partial charge in [-0.25, -0.2) is 23.2 Å². The van der Waals surface area contributed by atoms with E-state index in [0.717, 1.165) is 31.0 Å². The number of carboxylic acids is 1. The van der Waals surface area contributed by atoms with Crippen molar-refractivity contribution in [2.45, 2.75) is 51.9 Å². The van der Waals surface area contributed by atoms with E-state index in [4.69, 9.17) is 9.47 Å². The highest BCUT2D eigenvalue weighted by atomic mass is 19.1. The monoisotopic (exact) mass is 515 g/mol. The first kappa shape index (κ1) is 26.0. The maximum absolute atomic E-state index is 13.7. The first-order valence-corrected chi connectivity index (χ1v) is 11.8. The van der Waals surface area contributed by atoms with Crippen LogP contribution in [0.5, 0.6) is 5.75 Å². The summed E-state index contributed by atoms with van der Waals surface area (Å²) < 4.78 is 39.6. The van der Waals surface area contributed by atoms with E-state index in [2.05, 4.69) is 20.6 Å². The molecule has 3 aromatic rings. The topological polar surface area (TPSA) is 128 Å². The lowest BCUT2D eigenvalue weighted by Gasteiger charge is -2.27. The Morgan fingerprint density at radius 3 is 2.78 bits per heavy atom. The smallest absolute Gasteiger partial charge is 0.407 e. The molecule has 2 aromatic heterocycles. The average Bonchev–Trinajstić information content (AvgIpc) is 3.24. The van der Waals surface area contributed by atoms with Crippen LogP contribution in [0.2, 0.25) is 0 Å². The van der Waals surface area contributed by atoms with E-state index in [1.54, 1.807) is 26.1 Å². The molecule has 0 aliphatic heterocycles. The van der Waals surface area contributed by atoms with Crippen molar-refractivity contribution in [1.82, 2.24) is 25.3 Å². The molecule has 0 spiro atoms. The Labute approximate surface area is 211 Å². The molecule has 1 saturated carbocycles. The molecule has 10 nitrogen and oxygen atoms in total. The van der Waals surface area contributed by atoms with E-state index in [1.165, 1.54) is 4.68 Å². The molecule has 196 valence electrons. The third-order valence-electron chi connectivity index (χ3n) is 6.26. The molecule has 2 N–H and O–H groups in total. The largest absolute Gasteiger partial charge is 0.489 e. The maximum atomic E-state index is 13.7. The Balaban J connectivity index is 1.39. The van der Waals surface area contributed by atoms with Crippen LogP contribution < -0.4 is 10.1 Å². The van der Waals surface area contributed by atoms with Crippen LogP contribution in [-0.4, -0.2) is 43.3 Å². The molecule has 0 saturated heterocycles. The Kier molecular flexibility index (Phi) is 7.95. The van der Waals surface area contributed by atoms with E-state index in [-0.39, 0.29) is 18.2 Å². The van der Waals surface area contributed by atoms with Crippen LogP contribution in [0.1, 0.15) is 42.6 Å². The van der Waals surface area contributed by atoms with Crippen molar-refractivity contribution >= 4 is 12.1 Å². The molecule has 1 amide bonds. The van der Waals surface area contributed by atoms with Gasteiger partial charge in [-0.15, -0.1) is 5.10 Å². The minimum absolute atomic E-state index is 0.000922. The van der Waals surface area contributed by atoms with Crippen molar-refractivity contribution in [3.05, 3.63) is 58.9 Å². The summed E-state index contributed by atoms with van der Waals surface area (Å²) in [5, 5.41) is 20.0. The number of hydrogen-bond donors (Lipinski definition) is 2. The summed E-state index contributed by atoms with van der Waals surface area (Å²) in [6, 6.07) is 6.39. The van der Waals surface area contributed by atoms with Gasteiger partial charge in [-0.2, -0.15) is 0 Å². The number of hydrogen-bond acceptors (Lipinski definition) is 7. The zero-order valence-corrected chi connectivity index (χ0v) is 20.4. The van der Waals surface area contributed by atoms with Crippen LogP contribution in [0.25, 0.3) is 11.4 Å². The minimum Gasteiger partial charge on any atom is -0.489 e. The SMILES string of the molecule is Cc1nc(-c2nnn(C)c2CNC(=O)OCc2cc(F)ccc2F)ccc1O[C@H]1CCCC(C(=O)O)C1. The molecule has 2 heterocycles. The predicted molar refractivity (Wildman–Crippen MR) is 126 cm³/mol. The molecule has 1 aromatic carbocycles. The summed E-state index contributed by atoms with van der Waals surface area (Å²) in [5.74, 6) is -1.94. The zero-order chi connectivity index (χ0) is 26.5. The van der Waals surface area contributed by atoms with Crippen LogP contribution in [0.15, 0.2) is 30.3 Å². The number of aromatic nitrogens is 4. The predicted octanol–water partition coefficient (Wildman–Crippen LogP) is 3.91. The number of aliphatic carboxylic acids is 1. The quantitative estimate of drug-likeness (QED) is 0.462. The fourth-order valence-electron chi connectivity index (χ4n) is 4.24. The third kappa shape index (κ3) is 6.38. The normalized spacial score (nSPS) is 17.3. The highest BCUT2D eigenvalue weighted by molar-refractivity contribution is 5.70. The van der Waals surface area contributed by atoms with Gasteiger partial charge in [0.2, 0.25) is 0 Å². The zero-order valence-electron chi connectivity index (χ0n) is 20.4. The average molecular weight is 516 g/mol. The molecule has 37 heavy (non-hydrogen) atoms. The van der Waals surface area contributed by atoms with Crippen molar-refractivity contribution in [1.29, 1.82) is 0 Å². The molecule has 1 fully saturated rings. The molecule has 0 radical (unpaired) electrons. The first-order valence-electron chi connectivity index (χ1n) is 11.8. The van der Waals surface area contributed by atoms with Gasteiger partial charge >= 0.3 is 12.1 Å². The summed E-state index contributed by atoms with van der Waals surface area (Å²) >= 11 is 0. The lowest BCUT2D eigenvalue weighted by atomic mass is 9.87. The number of carbonyl (C=O) groups excluding carboxylic acids is 1. The number of carboxylic acid groups (broad SMARTS) is 1. The van der Waals surface area contributed by atoms with Crippen LogP contribution in [0, 0.1) is 24.5 Å². The van der Waals surface area contributed by atoms with Crippen molar-refractivity contribution in [2.24, 2.45) is 13.0 Å². The van der Waals surface area contributed by atoms with Gasteiger partial charge in [-0.05, 0) is 62.9 Å². The van der Waals surface area contributed by atoms with Gasteiger partial charge in [-0.1, -0.05) is 5.21 Å². The summed E-state index contributed by atoms with van der Waals surface area (Å²) in [5.41, 5.74) is 2.03. The number of halogens is 2. The fraction of sp³-hybridized carbons (Fsp3) is 0.400. The number of nitrogens with zero attached hydrogens (tertiary/aromatic N) is 4. The van der Waals surface area contributed by atoms with E-state index < -0.39 is 36.2 Å². The van der Waals surface area contributed by atoms with E-state index in [9.17, 15) is 23.5 Å². The van der Waals surface area contributed by atoms with Gasteiger partial charge in [0.15, 0.2) is 0 Å². The van der Waals surface area contributed by atoms with Crippen LogP contribution in [-0.2, 0) is 29.7 Å². The van der Waals surface area contributed by atoms with Crippen molar-refractivity contribution in [3.63, 3.8) is 0 Å². The summed E-state index contributed by atoms with van der Waals surface area (Å²) in [6.45, 7) is 1.36. The van der Waals surface area contributed by atoms with Gasteiger partial charge in [0, 0.05) is 12.6 Å². The summed E-state index contributed by atoms with van der Waals surface area (Å²) in [6.07, 6.45) is 1.68. The number of nitrogens with one attached hydrogen (secondary N) is 1. The number of alkyl carbamates (subject to hydrolysis) is 1. The molecule has 1 unspecified atom stereocenters. The second-order valence-electron chi connectivity index (χ2n) is 8.90. The Morgan fingerprint density at radius 1 is 1.22 bits per heavy atom. The second kappa shape index (κ2) is 11.3. The molecular weight excluding hydrogens is 488 g/mol. The number of carbonyl (C=O) groups is 2. The highest BCUT2D eigenvalue weighted by Gasteiger charge is 2.28. The minimum atomic E-state index is -0.823. The maximum Gasteiger partial charge on any atom is 0.407 e. The van der Waals surface area contributed by atoms with Crippen molar-refractivity contribution in [2.75, 3.05) is 0 Å². The lowest BCUT2D eigenvalue weighted by Crippen LogP contribution is -2.29. The van der Waals surface area contributed by atoms with Crippen LogP contribution in [0.4, 0.5) is 13.6 Å². The van der Waals surface area contributed by atoms with Gasteiger partial charge in [0.1, 0.15) is 29.7 Å². The van der Waals surface area contributed by atoms with Crippen molar-refractivity contribution < 1.29 is 33.0 Å². The number of amides is 1. The Morgan fingerprint density at radius 2 is 2.03 bits per heavy atom. The van der Waals surface area contributed by atoms with Gasteiger partial charge in [0.25, 0.3) is 0 Å². The van der Waals surface area contributed by atoms with Crippen LogP contribution in [0.3, 0.4) is 0 Å². The molecule has 0 bridgehead atoms. The number of aryl methyl sites for hydroxylation is 2. The van der Waals surface area contributed by atoms with Crippen molar-refractivity contribution in [3.8, 4) is 17.1 Å². The summed E-state index contributed by atoms with van der Waals surface area (Å²) in [4.78, 5) is 28.1. The Bertz CT molecular complexity index is 1300. The lowest BCUT2D eigenvalue weighted by molar-refractivity contribution is -0.143. The standard InChI is InChI=1S/C25H27F2N5O5/c1-14-22(37-18-5-3-4-15(11-18)24(33)34)9-8-20(29-14)23-21(32(2)31-30-23)12-28-25(35)36-13-16-10-17(26)6-7-19(16)27/h6-10,15,18H,3-5,11-13H2,1-2H3,(H,28,35)(H,33,34)/t15?,18-/m0/s1. The molecular formula is C25H27F2N5O5. The first-order chi connectivity index (χ1) is 17.7. The molecule has 1 aliphatic rings. The molecule has 12 heteroatoms. The van der Waals surface area contributed by atoms with E-state index in [0.29, 0.717) is 41.4 Å². The van der Waals surface area contributed by atoms with Gasteiger partial charge in [-0.3, -0.25) is 4.79 Å². The molecule has 1 aliphatic carbocycles. The molecule has 2 atom stereocenters. The third-order valence-corrected chi connectivity index (χ3v) is 6.26. The summed E-state index contributed by atoms with van der Waals surface area (Å²) in [7, 11) is 1.66. The number of ether oxygens (including phenoxy) is 2. The number of rotatable bonds is 8. The number of benzene rings is 1. The van der Waals surface area contributed by atoms with Gasteiger partial charge in [0.05, 0.1) is 35.6 Å². The van der Waals surface area contributed by atoms with E-state index in [1.807, 2.05) is 0 Å². The van der Waals surface area contributed by atoms with Crippen LogP contribution >= 0.6 is 0 Å². The Hall–Kier alpha value is -4.09. The second-order valence-corrected chi connectivity index (χ2v) is 8.90.